The molecule has 4 rings (SSSR count). The number of nitrogens with one attached hydrogen (secondary N) is 1. The van der Waals surface area contributed by atoms with Crippen molar-refractivity contribution >= 4 is 72.6 Å². The zero-order chi connectivity index (χ0) is 19.4. The van der Waals surface area contributed by atoms with Gasteiger partial charge in [-0.2, -0.15) is 0 Å². The summed E-state index contributed by atoms with van der Waals surface area (Å²) in [6.45, 7) is 1.21. The fraction of sp³-hybridized carbons (Fsp3) is 0.294. The fourth-order valence-corrected chi connectivity index (χ4v) is 5.79. The van der Waals surface area contributed by atoms with Crippen LogP contribution in [0.25, 0.3) is 10.2 Å². The number of nitrogens with zero attached hydrogens (tertiary/aromatic N) is 1. The SMILES string of the molecule is N[C@H]1CCO[C@@H]1c1sc2c(NCc3cccs3)cc(Cl)nc2c1Br.O=CO. The van der Waals surface area contributed by atoms with Gasteiger partial charge in [0.2, 0.25) is 0 Å². The third kappa shape index (κ3) is 4.61. The van der Waals surface area contributed by atoms with Gasteiger partial charge in [-0.05, 0) is 33.8 Å². The van der Waals surface area contributed by atoms with Crippen molar-refractivity contribution in [2.24, 2.45) is 5.73 Å². The largest absolute Gasteiger partial charge is 0.483 e. The Morgan fingerprint density at radius 2 is 2.33 bits per heavy atom. The third-order valence-electron chi connectivity index (χ3n) is 4.01. The zero-order valence-electron chi connectivity index (χ0n) is 14.0. The van der Waals surface area contributed by atoms with E-state index in [1.165, 1.54) is 4.88 Å². The van der Waals surface area contributed by atoms with Gasteiger partial charge in [-0.25, -0.2) is 4.98 Å². The average molecular weight is 491 g/mol. The number of aromatic nitrogens is 1. The van der Waals surface area contributed by atoms with Crippen molar-refractivity contribution in [3.8, 4) is 0 Å². The fourth-order valence-electron chi connectivity index (χ4n) is 2.81. The van der Waals surface area contributed by atoms with E-state index in [2.05, 4.69) is 43.7 Å². The molecule has 0 spiro atoms. The van der Waals surface area contributed by atoms with Crippen molar-refractivity contribution in [1.29, 1.82) is 0 Å². The molecule has 0 saturated carbocycles. The molecule has 0 bridgehead atoms. The molecule has 6 nitrogen and oxygen atoms in total. The number of anilines is 1. The monoisotopic (exact) mass is 489 g/mol. The van der Waals surface area contributed by atoms with Crippen LogP contribution in [0.3, 0.4) is 0 Å². The molecule has 2 atom stereocenters. The minimum atomic E-state index is -0.250. The molecule has 0 radical (unpaired) electrons. The molecular formula is C17H17BrClN3O3S2. The summed E-state index contributed by atoms with van der Waals surface area (Å²) in [6.07, 6.45) is 0.797. The van der Waals surface area contributed by atoms with Crippen molar-refractivity contribution < 1.29 is 14.6 Å². The van der Waals surface area contributed by atoms with Gasteiger partial charge >= 0.3 is 0 Å². The summed E-state index contributed by atoms with van der Waals surface area (Å²) in [5, 5.41) is 12.9. The normalized spacial score (nSPS) is 18.9. The van der Waals surface area contributed by atoms with E-state index >= 15 is 0 Å². The minimum absolute atomic E-state index is 0.0207. The summed E-state index contributed by atoms with van der Waals surface area (Å²) < 4.78 is 7.83. The van der Waals surface area contributed by atoms with Gasteiger partial charge in [-0.1, -0.05) is 17.7 Å². The molecule has 4 heterocycles. The number of rotatable bonds is 4. The van der Waals surface area contributed by atoms with Crippen LogP contribution < -0.4 is 11.1 Å². The van der Waals surface area contributed by atoms with Crippen molar-refractivity contribution in [2.75, 3.05) is 11.9 Å². The number of hydrogen-bond acceptors (Lipinski definition) is 7. The molecule has 3 aromatic rings. The molecule has 3 aromatic heterocycles. The standard InChI is InChI=1S/C16H15BrClN3OS2.CH2O2/c17-12-13-15(24-16(12)14-9(19)3-4-22-14)10(6-11(18)21-13)20-7-8-2-1-5-23-8;2-1-3/h1-2,5-6,9,14H,3-4,7,19H2,(H,20,21);1H,(H,2,3)/t9-,14-;/m0./s1. The molecular weight excluding hydrogens is 474 g/mol. The smallest absolute Gasteiger partial charge is 0.290 e. The van der Waals surface area contributed by atoms with Crippen LogP contribution in [0.15, 0.2) is 28.1 Å². The molecule has 1 aliphatic heterocycles. The van der Waals surface area contributed by atoms with Crippen molar-refractivity contribution in [3.05, 3.63) is 43.0 Å². The van der Waals surface area contributed by atoms with E-state index in [9.17, 15) is 0 Å². The molecule has 27 heavy (non-hydrogen) atoms. The van der Waals surface area contributed by atoms with Gasteiger partial charge in [0.25, 0.3) is 6.47 Å². The first kappa shape index (κ1) is 20.5. The lowest BCUT2D eigenvalue weighted by Gasteiger charge is -2.12. The van der Waals surface area contributed by atoms with Crippen LogP contribution in [0.1, 0.15) is 22.3 Å². The first-order chi connectivity index (χ1) is 13.0. The summed E-state index contributed by atoms with van der Waals surface area (Å²) in [5.74, 6) is 0. The Bertz CT molecular complexity index is 920. The highest BCUT2D eigenvalue weighted by Crippen LogP contribution is 2.45. The maximum absolute atomic E-state index is 8.36. The Labute approximate surface area is 177 Å². The molecule has 10 heteroatoms. The highest BCUT2D eigenvalue weighted by Gasteiger charge is 2.31. The van der Waals surface area contributed by atoms with E-state index in [1.807, 2.05) is 6.07 Å². The lowest BCUT2D eigenvalue weighted by atomic mass is 10.1. The number of ether oxygens (including phenoxy) is 1. The van der Waals surface area contributed by atoms with Gasteiger partial charge in [0.05, 0.1) is 25.3 Å². The number of thiophene rings is 2. The number of hydrogen-bond donors (Lipinski definition) is 3. The van der Waals surface area contributed by atoms with Gasteiger partial charge in [-0.3, -0.25) is 4.79 Å². The minimum Gasteiger partial charge on any atom is -0.483 e. The molecule has 0 amide bonds. The van der Waals surface area contributed by atoms with Crippen molar-refractivity contribution in [1.82, 2.24) is 4.98 Å². The number of halogens is 2. The number of nitrogens with two attached hydrogens (primary N) is 1. The van der Waals surface area contributed by atoms with E-state index in [0.29, 0.717) is 11.8 Å². The Hall–Kier alpha value is -1.23. The summed E-state index contributed by atoms with van der Waals surface area (Å²) in [6, 6.07) is 6.06. The number of fused-ring (bicyclic) bond motifs is 1. The van der Waals surface area contributed by atoms with Crippen LogP contribution in [0, 0.1) is 0 Å². The lowest BCUT2D eigenvalue weighted by molar-refractivity contribution is -0.122. The number of carboxylic acid groups (broad SMARTS) is 1. The van der Waals surface area contributed by atoms with Crippen molar-refractivity contribution in [3.63, 3.8) is 0 Å². The predicted molar refractivity (Wildman–Crippen MR) is 114 cm³/mol. The number of carbonyl (C=O) groups is 1. The van der Waals surface area contributed by atoms with Gasteiger partial charge in [-0.15, -0.1) is 22.7 Å². The van der Waals surface area contributed by atoms with E-state index in [0.717, 1.165) is 38.2 Å². The second-order valence-corrected chi connectivity index (χ2v) is 9.00. The highest BCUT2D eigenvalue weighted by molar-refractivity contribution is 9.10. The first-order valence-electron chi connectivity index (χ1n) is 8.04. The summed E-state index contributed by atoms with van der Waals surface area (Å²) in [4.78, 5) is 15.2. The highest BCUT2D eigenvalue weighted by atomic mass is 79.9. The Balaban J connectivity index is 0.000000659. The van der Waals surface area contributed by atoms with Crippen LogP contribution in [0.4, 0.5) is 5.69 Å². The lowest BCUT2D eigenvalue weighted by Crippen LogP contribution is -2.22. The van der Waals surface area contributed by atoms with Crippen LogP contribution in [-0.2, 0) is 16.1 Å². The topological polar surface area (TPSA) is 97.5 Å². The van der Waals surface area contributed by atoms with Crippen LogP contribution in [-0.4, -0.2) is 29.2 Å². The molecule has 144 valence electrons. The second kappa shape index (κ2) is 9.31. The first-order valence-corrected chi connectivity index (χ1v) is 10.9. The van der Waals surface area contributed by atoms with E-state index in [1.54, 1.807) is 22.7 Å². The molecule has 1 fully saturated rings. The van der Waals surface area contributed by atoms with Gasteiger partial charge < -0.3 is 20.9 Å². The summed E-state index contributed by atoms with van der Waals surface area (Å²) >= 11 is 13.3. The van der Waals surface area contributed by atoms with Crippen LogP contribution in [0.2, 0.25) is 5.15 Å². The summed E-state index contributed by atoms with van der Waals surface area (Å²) in [5.41, 5.74) is 8.04. The molecule has 0 aliphatic carbocycles. The average Bonchev–Trinajstić information content (AvgIpc) is 3.36. The molecule has 4 N–H and O–H groups in total. The molecule has 1 aliphatic rings. The third-order valence-corrected chi connectivity index (χ3v) is 7.42. The molecule has 0 unspecified atom stereocenters. The van der Waals surface area contributed by atoms with Gasteiger partial charge in [0.15, 0.2) is 0 Å². The van der Waals surface area contributed by atoms with E-state index in [4.69, 9.17) is 32.0 Å². The Morgan fingerprint density at radius 1 is 1.56 bits per heavy atom. The molecule has 1 saturated heterocycles. The van der Waals surface area contributed by atoms with Gasteiger partial charge in [0.1, 0.15) is 11.3 Å². The maximum atomic E-state index is 8.36. The van der Waals surface area contributed by atoms with Crippen molar-refractivity contribution in [2.45, 2.75) is 25.1 Å². The second-order valence-electron chi connectivity index (χ2n) is 5.73. The summed E-state index contributed by atoms with van der Waals surface area (Å²) in [7, 11) is 0. The van der Waals surface area contributed by atoms with Crippen LogP contribution >= 0.6 is 50.2 Å². The quantitative estimate of drug-likeness (QED) is 0.356. The van der Waals surface area contributed by atoms with Gasteiger partial charge in [0, 0.05) is 30.1 Å². The predicted octanol–water partition coefficient (Wildman–Crippen LogP) is 4.88. The maximum Gasteiger partial charge on any atom is 0.290 e. The molecule has 0 aromatic carbocycles. The van der Waals surface area contributed by atoms with E-state index in [-0.39, 0.29) is 18.6 Å². The Kier molecular flexibility index (Phi) is 7.07. The Morgan fingerprint density at radius 3 is 2.96 bits per heavy atom. The van der Waals surface area contributed by atoms with Crippen LogP contribution in [0.5, 0.6) is 0 Å². The van der Waals surface area contributed by atoms with E-state index < -0.39 is 0 Å². The zero-order valence-corrected chi connectivity index (χ0v) is 18.0. The number of pyridine rings is 1.